The number of carbonyl (C=O) groups excluding carboxylic acids is 1. The summed E-state index contributed by atoms with van der Waals surface area (Å²) < 4.78 is 0. The van der Waals surface area contributed by atoms with Gasteiger partial charge in [0.1, 0.15) is 0 Å². The maximum Gasteiger partial charge on any atom is 0.305 e. The first kappa shape index (κ1) is 17.2. The molecule has 1 amide bonds. The van der Waals surface area contributed by atoms with Gasteiger partial charge in [-0.05, 0) is 42.9 Å². The fourth-order valence-electron chi connectivity index (χ4n) is 3.52. The smallest absolute Gasteiger partial charge is 0.305 e. The van der Waals surface area contributed by atoms with Crippen molar-refractivity contribution < 1.29 is 14.7 Å². The molecule has 1 aliphatic carbocycles. The first-order chi connectivity index (χ1) is 12.0. The number of nitrogens with one attached hydrogen (secondary N) is 1. The molecule has 2 atom stereocenters. The Kier molecular flexibility index (Phi) is 5.17. The van der Waals surface area contributed by atoms with Crippen molar-refractivity contribution in [1.29, 1.82) is 0 Å². The maximum atomic E-state index is 12.9. The first-order valence-electron chi connectivity index (χ1n) is 8.71. The molecule has 0 saturated carbocycles. The third kappa shape index (κ3) is 4.08. The highest BCUT2D eigenvalue weighted by atomic mass is 16.4. The van der Waals surface area contributed by atoms with Crippen molar-refractivity contribution in [3.8, 4) is 0 Å². The number of hydrogen-bond acceptors (Lipinski definition) is 2. The summed E-state index contributed by atoms with van der Waals surface area (Å²) in [6, 6.07) is 15.2. The van der Waals surface area contributed by atoms with Gasteiger partial charge in [0.15, 0.2) is 0 Å². The highest BCUT2D eigenvalue weighted by molar-refractivity contribution is 5.85. The van der Waals surface area contributed by atoms with Crippen molar-refractivity contribution in [2.24, 2.45) is 0 Å². The van der Waals surface area contributed by atoms with Gasteiger partial charge in [-0.3, -0.25) is 9.59 Å². The number of hydrogen-bond donors (Lipinski definition) is 2. The van der Waals surface area contributed by atoms with E-state index in [9.17, 15) is 14.7 Å². The van der Waals surface area contributed by atoms with Gasteiger partial charge < -0.3 is 10.4 Å². The van der Waals surface area contributed by atoms with Gasteiger partial charge in [-0.25, -0.2) is 0 Å². The van der Waals surface area contributed by atoms with Crippen molar-refractivity contribution in [2.75, 3.05) is 0 Å². The van der Waals surface area contributed by atoms with Crippen molar-refractivity contribution in [3.05, 3.63) is 70.8 Å². The number of aryl methyl sites for hydroxylation is 2. The normalized spacial score (nSPS) is 17.4. The minimum Gasteiger partial charge on any atom is -0.481 e. The lowest BCUT2D eigenvalue weighted by Gasteiger charge is -2.27. The Balaban J connectivity index is 1.81. The summed E-state index contributed by atoms with van der Waals surface area (Å²) >= 11 is 0. The second-order valence-electron chi connectivity index (χ2n) is 6.71. The number of carboxylic acids is 1. The fourth-order valence-corrected chi connectivity index (χ4v) is 3.52. The van der Waals surface area contributed by atoms with Gasteiger partial charge in [-0.1, -0.05) is 54.1 Å². The van der Waals surface area contributed by atoms with Crippen LogP contribution in [0.1, 0.15) is 53.5 Å². The predicted octanol–water partition coefficient (Wildman–Crippen LogP) is 3.75. The average Bonchev–Trinajstić information content (AvgIpc) is 2.61. The van der Waals surface area contributed by atoms with Crippen LogP contribution in [0.2, 0.25) is 0 Å². The molecule has 0 fully saturated rings. The number of amides is 1. The van der Waals surface area contributed by atoms with Crippen molar-refractivity contribution in [1.82, 2.24) is 5.32 Å². The van der Waals surface area contributed by atoms with Gasteiger partial charge in [0.05, 0.1) is 18.4 Å². The number of fused-ring (bicyclic) bond motifs is 1. The summed E-state index contributed by atoms with van der Waals surface area (Å²) in [5, 5.41) is 12.2. The van der Waals surface area contributed by atoms with Crippen LogP contribution in [0, 0.1) is 6.92 Å². The van der Waals surface area contributed by atoms with Crippen LogP contribution in [0.15, 0.2) is 48.5 Å². The molecular weight excluding hydrogens is 314 g/mol. The molecule has 0 saturated heterocycles. The summed E-state index contributed by atoms with van der Waals surface area (Å²) in [6.07, 6.45) is 2.65. The standard InChI is InChI=1S/C21H23NO3/c1-14-9-11-16(12-10-14)19(13-20(23)24)22-21(25)18-8-4-6-15-5-2-3-7-17(15)18/h2-3,5,7,9-12,18-19H,4,6,8,13H2,1H3,(H,22,25)(H,23,24). The number of carbonyl (C=O) groups is 2. The summed E-state index contributed by atoms with van der Waals surface area (Å²) in [4.78, 5) is 24.1. The Bertz CT molecular complexity index is 767. The van der Waals surface area contributed by atoms with Crippen LogP contribution in [0.5, 0.6) is 0 Å². The monoisotopic (exact) mass is 337 g/mol. The molecule has 0 aliphatic heterocycles. The zero-order valence-corrected chi connectivity index (χ0v) is 14.4. The van der Waals surface area contributed by atoms with E-state index < -0.39 is 12.0 Å². The molecule has 2 unspecified atom stereocenters. The lowest BCUT2D eigenvalue weighted by atomic mass is 9.82. The van der Waals surface area contributed by atoms with E-state index in [0.717, 1.165) is 36.0 Å². The lowest BCUT2D eigenvalue weighted by Crippen LogP contribution is -2.35. The molecule has 2 aromatic rings. The summed E-state index contributed by atoms with van der Waals surface area (Å²) in [5.74, 6) is -1.21. The Morgan fingerprint density at radius 1 is 1.16 bits per heavy atom. The summed E-state index contributed by atoms with van der Waals surface area (Å²) in [5.41, 5.74) is 4.22. The molecule has 2 aromatic carbocycles. The van der Waals surface area contributed by atoms with Gasteiger partial charge in [0, 0.05) is 0 Å². The van der Waals surface area contributed by atoms with E-state index >= 15 is 0 Å². The number of carboxylic acid groups (broad SMARTS) is 1. The minimum absolute atomic E-state index is 0.0843. The zero-order valence-electron chi connectivity index (χ0n) is 14.4. The molecule has 0 aromatic heterocycles. The molecule has 130 valence electrons. The van der Waals surface area contributed by atoms with E-state index in [1.807, 2.05) is 49.4 Å². The van der Waals surface area contributed by atoms with Crippen LogP contribution in [0.4, 0.5) is 0 Å². The molecule has 0 heterocycles. The Labute approximate surface area is 147 Å². The van der Waals surface area contributed by atoms with Crippen molar-refractivity contribution >= 4 is 11.9 Å². The van der Waals surface area contributed by atoms with Crippen LogP contribution in [-0.4, -0.2) is 17.0 Å². The van der Waals surface area contributed by atoms with Crippen LogP contribution in [0.25, 0.3) is 0 Å². The highest BCUT2D eigenvalue weighted by Gasteiger charge is 2.28. The van der Waals surface area contributed by atoms with Gasteiger partial charge in [0.25, 0.3) is 0 Å². The highest BCUT2D eigenvalue weighted by Crippen LogP contribution is 2.32. The first-order valence-corrected chi connectivity index (χ1v) is 8.71. The van der Waals surface area contributed by atoms with Crippen molar-refractivity contribution in [2.45, 2.75) is 44.6 Å². The molecule has 0 bridgehead atoms. The Hall–Kier alpha value is -2.62. The van der Waals surface area contributed by atoms with Crippen molar-refractivity contribution in [3.63, 3.8) is 0 Å². The van der Waals surface area contributed by atoms with Gasteiger partial charge in [-0.15, -0.1) is 0 Å². The van der Waals surface area contributed by atoms with Gasteiger partial charge in [-0.2, -0.15) is 0 Å². The molecular formula is C21H23NO3. The lowest BCUT2D eigenvalue weighted by molar-refractivity contribution is -0.137. The molecule has 0 spiro atoms. The molecule has 4 nitrogen and oxygen atoms in total. The second-order valence-corrected chi connectivity index (χ2v) is 6.71. The van der Waals surface area contributed by atoms with E-state index in [2.05, 4.69) is 11.4 Å². The third-order valence-electron chi connectivity index (χ3n) is 4.86. The van der Waals surface area contributed by atoms with Crippen LogP contribution >= 0.6 is 0 Å². The number of benzene rings is 2. The van der Waals surface area contributed by atoms with E-state index in [0.29, 0.717) is 0 Å². The summed E-state index contributed by atoms with van der Waals surface area (Å²) in [7, 11) is 0. The topological polar surface area (TPSA) is 66.4 Å². The van der Waals surface area contributed by atoms with Gasteiger partial charge >= 0.3 is 5.97 Å². The van der Waals surface area contributed by atoms with E-state index in [1.165, 1.54) is 5.56 Å². The second kappa shape index (κ2) is 7.51. The van der Waals surface area contributed by atoms with E-state index in [-0.39, 0.29) is 18.2 Å². The molecule has 2 N–H and O–H groups in total. The summed E-state index contributed by atoms with van der Waals surface area (Å²) in [6.45, 7) is 1.98. The molecule has 0 radical (unpaired) electrons. The largest absolute Gasteiger partial charge is 0.481 e. The average molecular weight is 337 g/mol. The zero-order chi connectivity index (χ0) is 17.8. The number of aliphatic carboxylic acids is 1. The van der Waals surface area contributed by atoms with Gasteiger partial charge in [0.2, 0.25) is 5.91 Å². The maximum absolute atomic E-state index is 12.9. The Morgan fingerprint density at radius 2 is 1.88 bits per heavy atom. The van der Waals surface area contributed by atoms with E-state index in [1.54, 1.807) is 0 Å². The SMILES string of the molecule is Cc1ccc(C(CC(=O)O)NC(=O)C2CCCc3ccccc32)cc1. The molecule has 1 aliphatic rings. The molecule has 25 heavy (non-hydrogen) atoms. The molecule has 4 heteroatoms. The minimum atomic E-state index is -0.921. The number of rotatable bonds is 5. The predicted molar refractivity (Wildman–Crippen MR) is 96.4 cm³/mol. The quantitative estimate of drug-likeness (QED) is 0.873. The fraction of sp³-hybridized carbons (Fsp3) is 0.333. The van der Waals surface area contributed by atoms with Crippen LogP contribution in [-0.2, 0) is 16.0 Å². The molecule has 3 rings (SSSR count). The van der Waals surface area contributed by atoms with Crippen LogP contribution in [0.3, 0.4) is 0 Å². The van der Waals surface area contributed by atoms with E-state index in [4.69, 9.17) is 0 Å². The van der Waals surface area contributed by atoms with Crippen LogP contribution < -0.4 is 5.32 Å². The third-order valence-corrected chi connectivity index (χ3v) is 4.86. The Morgan fingerprint density at radius 3 is 2.60 bits per heavy atom.